The highest BCUT2D eigenvalue weighted by molar-refractivity contribution is 7.93. The van der Waals surface area contributed by atoms with Crippen LogP contribution < -0.4 is 9.50 Å². The summed E-state index contributed by atoms with van der Waals surface area (Å²) < 4.78 is 50.3. The summed E-state index contributed by atoms with van der Waals surface area (Å²) in [5.74, 6) is -1.11. The molecular weight excluding hydrogens is 464 g/mol. The van der Waals surface area contributed by atoms with Crippen molar-refractivity contribution in [3.8, 4) is 11.8 Å². The van der Waals surface area contributed by atoms with Crippen molar-refractivity contribution in [2.24, 2.45) is 0 Å². The summed E-state index contributed by atoms with van der Waals surface area (Å²) in [7, 11) is -7.33. The van der Waals surface area contributed by atoms with Crippen molar-refractivity contribution < 1.29 is 25.8 Å². The molecular formula is C15H13ClN4O6S3. The maximum absolute atomic E-state index is 12.3. The first-order chi connectivity index (χ1) is 13.4. The molecule has 0 saturated heterocycles. The van der Waals surface area contributed by atoms with Gasteiger partial charge in [0.25, 0.3) is 5.91 Å². The van der Waals surface area contributed by atoms with E-state index in [1.54, 1.807) is 6.07 Å². The summed E-state index contributed by atoms with van der Waals surface area (Å²) in [6.07, 6.45) is 2.07. The summed E-state index contributed by atoms with van der Waals surface area (Å²) in [5.41, 5.74) is 0.00186. The Kier molecular flexibility index (Phi) is 6.96. The van der Waals surface area contributed by atoms with Gasteiger partial charge in [0, 0.05) is 0 Å². The molecule has 0 spiro atoms. The Labute approximate surface area is 175 Å². The van der Waals surface area contributed by atoms with Gasteiger partial charge in [-0.25, -0.2) is 8.42 Å². The molecule has 0 fully saturated rings. The normalized spacial score (nSPS) is 12.3. The summed E-state index contributed by atoms with van der Waals surface area (Å²) in [5, 5.41) is 18.5. The lowest BCUT2D eigenvalue weighted by Gasteiger charge is -2.06. The van der Waals surface area contributed by atoms with Gasteiger partial charge in [-0.2, -0.15) is 13.7 Å². The molecule has 0 atom stereocenters. The van der Waals surface area contributed by atoms with Crippen molar-refractivity contribution in [2.45, 2.75) is 11.3 Å². The molecule has 154 valence electrons. The van der Waals surface area contributed by atoms with E-state index in [-0.39, 0.29) is 31.6 Å². The van der Waals surface area contributed by atoms with Crippen LogP contribution in [-0.2, 0) is 24.7 Å². The van der Waals surface area contributed by atoms with Crippen molar-refractivity contribution >= 4 is 60.0 Å². The van der Waals surface area contributed by atoms with Gasteiger partial charge < -0.3 is 4.18 Å². The zero-order chi connectivity index (χ0) is 21.8. The molecule has 0 radical (unpaired) electrons. The molecule has 0 unspecified atom stereocenters. The minimum absolute atomic E-state index is 0.0413. The Balaban J connectivity index is 2.23. The minimum Gasteiger partial charge on any atom is -0.381 e. The number of nitrogens with one attached hydrogen (secondary N) is 1. The van der Waals surface area contributed by atoms with Crippen molar-refractivity contribution in [1.29, 1.82) is 5.26 Å². The number of carbonyl (C=O) groups excluding carboxylic acids is 1. The van der Waals surface area contributed by atoms with E-state index in [4.69, 9.17) is 15.8 Å². The third kappa shape index (κ3) is 6.23. The highest BCUT2D eigenvalue weighted by Gasteiger charge is 2.20. The van der Waals surface area contributed by atoms with E-state index in [9.17, 15) is 26.9 Å². The van der Waals surface area contributed by atoms with Gasteiger partial charge in [0.2, 0.25) is 19.3 Å². The Bertz CT molecular complexity index is 1230. The molecule has 0 saturated carbocycles. The first-order valence-electron chi connectivity index (χ1n) is 7.63. The topological polar surface area (TPSA) is 156 Å². The molecule has 0 aliphatic heterocycles. The molecule has 0 aliphatic rings. The standard InChI is InChI=1S/C15H13ClN4O6S3/c1-3-29(24,25)15-20-19-14(27-15)18-13(21)10(8-17)6-9-4-5-12(11(16)7-9)26-28(2,22)23/h4-7H,3H2,1-2H3,(H,18,19,21)/b10-6-. The van der Waals surface area contributed by atoms with Crippen LogP contribution in [0.3, 0.4) is 0 Å². The van der Waals surface area contributed by atoms with Gasteiger partial charge in [0.05, 0.1) is 17.0 Å². The molecule has 1 amide bonds. The number of hydrogen-bond acceptors (Lipinski definition) is 10. The first kappa shape index (κ1) is 22.8. The molecule has 10 nitrogen and oxygen atoms in total. The van der Waals surface area contributed by atoms with Crippen LogP contribution in [0.25, 0.3) is 6.08 Å². The lowest BCUT2D eigenvalue weighted by atomic mass is 10.1. The second kappa shape index (κ2) is 8.87. The summed E-state index contributed by atoms with van der Waals surface area (Å²) >= 11 is 6.62. The Morgan fingerprint density at radius 1 is 1.34 bits per heavy atom. The fraction of sp³-hybridized carbons (Fsp3) is 0.200. The van der Waals surface area contributed by atoms with Crippen LogP contribution in [0.1, 0.15) is 12.5 Å². The fourth-order valence-electron chi connectivity index (χ4n) is 1.83. The number of carbonyl (C=O) groups is 1. The molecule has 29 heavy (non-hydrogen) atoms. The first-order valence-corrected chi connectivity index (χ1v) is 12.3. The van der Waals surface area contributed by atoms with Gasteiger partial charge in [0.1, 0.15) is 11.6 Å². The smallest absolute Gasteiger partial charge is 0.306 e. The Hall–Kier alpha value is -2.53. The van der Waals surface area contributed by atoms with Gasteiger partial charge in [0.15, 0.2) is 5.75 Å². The van der Waals surface area contributed by atoms with E-state index >= 15 is 0 Å². The van der Waals surface area contributed by atoms with Gasteiger partial charge in [-0.3, -0.25) is 10.1 Å². The molecule has 1 aromatic carbocycles. The number of hydrogen-bond donors (Lipinski definition) is 1. The maximum Gasteiger partial charge on any atom is 0.306 e. The van der Waals surface area contributed by atoms with Crippen molar-refractivity contribution in [1.82, 2.24) is 10.2 Å². The number of rotatable bonds is 7. The number of sulfone groups is 1. The molecule has 0 aliphatic carbocycles. The minimum atomic E-state index is -3.77. The average molecular weight is 477 g/mol. The van der Waals surface area contributed by atoms with E-state index in [1.807, 2.05) is 0 Å². The maximum atomic E-state index is 12.3. The largest absolute Gasteiger partial charge is 0.381 e. The summed E-state index contributed by atoms with van der Waals surface area (Å²) in [6, 6.07) is 5.69. The van der Waals surface area contributed by atoms with Crippen LogP contribution in [0.4, 0.5) is 5.13 Å². The molecule has 1 N–H and O–H groups in total. The number of amides is 1. The molecule has 2 rings (SSSR count). The van der Waals surface area contributed by atoms with Crippen molar-refractivity contribution in [3.05, 3.63) is 34.4 Å². The van der Waals surface area contributed by atoms with Gasteiger partial charge in [-0.05, 0) is 23.8 Å². The number of benzene rings is 1. The van der Waals surface area contributed by atoms with Crippen LogP contribution in [0, 0.1) is 11.3 Å². The fourth-order valence-corrected chi connectivity index (χ4v) is 4.55. The predicted octanol–water partition coefficient (Wildman–Crippen LogP) is 1.87. The SMILES string of the molecule is CCS(=O)(=O)c1nnc(NC(=O)/C(C#N)=C\c2ccc(OS(C)(=O)=O)c(Cl)c2)s1. The van der Waals surface area contributed by atoms with Crippen LogP contribution in [-0.4, -0.2) is 44.9 Å². The third-order valence-corrected chi connectivity index (χ3v) is 6.94. The van der Waals surface area contributed by atoms with Crippen LogP contribution in [0.2, 0.25) is 5.02 Å². The highest BCUT2D eigenvalue weighted by Crippen LogP contribution is 2.28. The Morgan fingerprint density at radius 3 is 2.59 bits per heavy atom. The van der Waals surface area contributed by atoms with Gasteiger partial charge >= 0.3 is 10.1 Å². The zero-order valence-corrected chi connectivity index (χ0v) is 18.1. The lowest BCUT2D eigenvalue weighted by molar-refractivity contribution is -0.112. The van der Waals surface area contributed by atoms with Crippen LogP contribution >= 0.6 is 22.9 Å². The van der Waals surface area contributed by atoms with Crippen LogP contribution in [0.5, 0.6) is 5.75 Å². The van der Waals surface area contributed by atoms with Gasteiger partial charge in [-0.15, -0.1) is 10.2 Å². The number of aromatic nitrogens is 2. The second-order valence-corrected chi connectivity index (χ2v) is 10.8. The molecule has 0 bridgehead atoms. The van der Waals surface area contributed by atoms with Crippen LogP contribution in [0.15, 0.2) is 28.1 Å². The van der Waals surface area contributed by atoms with E-state index < -0.39 is 25.9 Å². The van der Waals surface area contributed by atoms with E-state index in [1.165, 1.54) is 31.2 Å². The molecule has 2 aromatic rings. The molecule has 14 heteroatoms. The average Bonchev–Trinajstić information content (AvgIpc) is 3.10. The molecule has 1 aromatic heterocycles. The summed E-state index contributed by atoms with van der Waals surface area (Å²) in [4.78, 5) is 12.3. The number of anilines is 1. The van der Waals surface area contributed by atoms with Crippen molar-refractivity contribution in [3.63, 3.8) is 0 Å². The number of nitriles is 1. The number of halogens is 1. The van der Waals surface area contributed by atoms with E-state index in [0.29, 0.717) is 16.9 Å². The monoisotopic (exact) mass is 476 g/mol. The lowest BCUT2D eigenvalue weighted by Crippen LogP contribution is -2.13. The molecule has 1 heterocycles. The Morgan fingerprint density at radius 2 is 2.03 bits per heavy atom. The van der Waals surface area contributed by atoms with Crippen molar-refractivity contribution in [2.75, 3.05) is 17.3 Å². The predicted molar refractivity (Wildman–Crippen MR) is 107 cm³/mol. The van der Waals surface area contributed by atoms with E-state index in [2.05, 4.69) is 15.5 Å². The summed E-state index contributed by atoms with van der Waals surface area (Å²) in [6.45, 7) is 1.45. The second-order valence-electron chi connectivity index (χ2n) is 5.38. The highest BCUT2D eigenvalue weighted by atomic mass is 35.5. The van der Waals surface area contributed by atoms with Gasteiger partial charge in [-0.1, -0.05) is 35.9 Å². The van der Waals surface area contributed by atoms with E-state index in [0.717, 1.165) is 6.26 Å². The zero-order valence-electron chi connectivity index (χ0n) is 14.9. The number of nitrogens with zero attached hydrogens (tertiary/aromatic N) is 3. The third-order valence-electron chi connectivity index (χ3n) is 3.15. The quantitative estimate of drug-likeness (QED) is 0.272.